The number of anilines is 1. The van der Waals surface area contributed by atoms with Gasteiger partial charge in [-0.1, -0.05) is 0 Å². The number of nitrogens with zero attached hydrogens (tertiary/aromatic N) is 2. The highest BCUT2D eigenvalue weighted by Gasteiger charge is 2.45. The van der Waals surface area contributed by atoms with Crippen molar-refractivity contribution in [3.63, 3.8) is 0 Å². The second kappa shape index (κ2) is 10.5. The third-order valence-corrected chi connectivity index (χ3v) is 7.59. The smallest absolute Gasteiger partial charge is 0.335 e. The van der Waals surface area contributed by atoms with Crippen LogP contribution in [0.2, 0.25) is 0 Å². The summed E-state index contributed by atoms with van der Waals surface area (Å²) in [6.45, 7) is 5.28. The molecule has 8 heteroatoms. The number of likely N-dealkylation sites (tertiary alicyclic amines) is 1. The molecule has 198 valence electrons. The lowest BCUT2D eigenvalue weighted by Crippen LogP contribution is -2.41. The van der Waals surface area contributed by atoms with Gasteiger partial charge in [-0.25, -0.2) is 13.6 Å². The Morgan fingerprint density at radius 2 is 1.76 bits per heavy atom. The first-order valence-electron chi connectivity index (χ1n) is 12.8. The van der Waals surface area contributed by atoms with Crippen LogP contribution in [0.3, 0.4) is 0 Å². The van der Waals surface area contributed by atoms with Crippen molar-refractivity contribution in [3.05, 3.63) is 83.4 Å². The van der Waals surface area contributed by atoms with Gasteiger partial charge >= 0.3 is 5.97 Å². The highest BCUT2D eigenvalue weighted by Crippen LogP contribution is 2.43. The number of carboxylic acid groups (broad SMARTS) is 1. The molecule has 5 rings (SSSR count). The van der Waals surface area contributed by atoms with Gasteiger partial charge < -0.3 is 14.7 Å². The molecule has 2 saturated heterocycles. The Bertz CT molecular complexity index is 1350. The van der Waals surface area contributed by atoms with Crippen LogP contribution in [-0.4, -0.2) is 48.1 Å². The Kier molecular flexibility index (Phi) is 7.17. The van der Waals surface area contributed by atoms with Gasteiger partial charge in [-0.2, -0.15) is 0 Å². The maximum atomic E-state index is 14.5. The summed E-state index contributed by atoms with van der Waals surface area (Å²) in [6, 6.07) is 15.7. The lowest BCUT2D eigenvalue weighted by molar-refractivity contribution is -0.118. The van der Waals surface area contributed by atoms with E-state index >= 15 is 0 Å². The average molecular weight is 521 g/mol. The molecule has 0 saturated carbocycles. The summed E-state index contributed by atoms with van der Waals surface area (Å²) in [5.41, 5.74) is 2.77. The van der Waals surface area contributed by atoms with E-state index in [1.807, 2.05) is 19.1 Å². The standard InChI is InChI=1S/C30H30F2N2O4/c1-2-38-25-14-20(13-22(15-25)26-8-5-23(31)16-27(26)32)18-33-11-9-30(10-12-33)17-28(35)34(19-30)24-6-3-21(4-7-24)29(36)37/h3-8,13-16H,2,9-12,17-19H2,1H3,(H,36,37). The number of halogens is 2. The van der Waals surface area contributed by atoms with Gasteiger partial charge in [0.05, 0.1) is 12.2 Å². The van der Waals surface area contributed by atoms with Gasteiger partial charge in [-0.15, -0.1) is 0 Å². The minimum Gasteiger partial charge on any atom is -0.494 e. The van der Waals surface area contributed by atoms with E-state index in [1.165, 1.54) is 24.3 Å². The van der Waals surface area contributed by atoms with Crippen molar-refractivity contribution in [2.45, 2.75) is 32.7 Å². The molecule has 0 aromatic heterocycles. The number of benzene rings is 3. The van der Waals surface area contributed by atoms with Crippen molar-refractivity contribution < 1.29 is 28.2 Å². The van der Waals surface area contributed by atoms with Crippen LogP contribution in [0.1, 0.15) is 42.1 Å². The van der Waals surface area contributed by atoms with E-state index in [0.717, 1.165) is 43.2 Å². The van der Waals surface area contributed by atoms with Crippen molar-refractivity contribution in [2.24, 2.45) is 5.41 Å². The summed E-state index contributed by atoms with van der Waals surface area (Å²) in [5.74, 6) is -1.51. The van der Waals surface area contributed by atoms with Crippen LogP contribution in [0.15, 0.2) is 60.7 Å². The second-order valence-corrected chi connectivity index (χ2v) is 10.2. The molecule has 2 fully saturated rings. The number of rotatable bonds is 7. The first kappa shape index (κ1) is 25.9. The Balaban J connectivity index is 1.27. The van der Waals surface area contributed by atoms with E-state index < -0.39 is 17.6 Å². The zero-order valence-electron chi connectivity index (χ0n) is 21.3. The molecule has 0 bridgehead atoms. The number of ether oxygens (including phenoxy) is 1. The van der Waals surface area contributed by atoms with E-state index in [9.17, 15) is 18.4 Å². The van der Waals surface area contributed by atoms with Crippen LogP contribution in [0.4, 0.5) is 14.5 Å². The number of hydrogen-bond acceptors (Lipinski definition) is 4. The first-order valence-corrected chi connectivity index (χ1v) is 12.8. The summed E-state index contributed by atoms with van der Waals surface area (Å²) < 4.78 is 33.7. The third-order valence-electron chi connectivity index (χ3n) is 7.59. The lowest BCUT2D eigenvalue weighted by atomic mass is 9.77. The number of hydrogen-bond donors (Lipinski definition) is 1. The molecule has 0 aliphatic carbocycles. The van der Waals surface area contributed by atoms with Crippen LogP contribution in [0, 0.1) is 17.0 Å². The fraction of sp³-hybridized carbons (Fsp3) is 0.333. The van der Waals surface area contributed by atoms with Gasteiger partial charge in [0.1, 0.15) is 17.4 Å². The van der Waals surface area contributed by atoms with Crippen molar-refractivity contribution >= 4 is 17.6 Å². The molecule has 1 spiro atoms. The molecule has 38 heavy (non-hydrogen) atoms. The summed E-state index contributed by atoms with van der Waals surface area (Å²) in [6.07, 6.45) is 2.22. The van der Waals surface area contributed by atoms with Crippen molar-refractivity contribution in [1.82, 2.24) is 4.90 Å². The summed E-state index contributed by atoms with van der Waals surface area (Å²) in [5, 5.41) is 9.14. The van der Waals surface area contributed by atoms with E-state index in [2.05, 4.69) is 4.90 Å². The van der Waals surface area contributed by atoms with Gasteiger partial charge in [0.15, 0.2) is 0 Å². The molecular formula is C30H30F2N2O4. The van der Waals surface area contributed by atoms with Gasteiger partial charge in [-0.3, -0.25) is 9.69 Å². The van der Waals surface area contributed by atoms with Gasteiger partial charge in [0.25, 0.3) is 0 Å². The largest absolute Gasteiger partial charge is 0.494 e. The zero-order chi connectivity index (χ0) is 26.9. The number of carbonyl (C=O) groups excluding carboxylic acids is 1. The topological polar surface area (TPSA) is 70.1 Å². The monoisotopic (exact) mass is 520 g/mol. The number of carbonyl (C=O) groups is 2. The highest BCUT2D eigenvalue weighted by molar-refractivity contribution is 5.97. The van der Waals surface area contributed by atoms with Crippen molar-refractivity contribution in [3.8, 4) is 16.9 Å². The van der Waals surface area contributed by atoms with Crippen LogP contribution in [0.5, 0.6) is 5.75 Å². The Hall–Kier alpha value is -3.78. The summed E-state index contributed by atoms with van der Waals surface area (Å²) in [7, 11) is 0. The molecule has 0 radical (unpaired) electrons. The second-order valence-electron chi connectivity index (χ2n) is 10.2. The zero-order valence-corrected chi connectivity index (χ0v) is 21.3. The maximum absolute atomic E-state index is 14.5. The number of piperidine rings is 1. The third kappa shape index (κ3) is 5.41. The first-order chi connectivity index (χ1) is 18.2. The van der Waals surface area contributed by atoms with Crippen LogP contribution >= 0.6 is 0 Å². The maximum Gasteiger partial charge on any atom is 0.335 e. The van der Waals surface area contributed by atoms with Gasteiger partial charge in [0, 0.05) is 36.8 Å². The molecule has 2 heterocycles. The fourth-order valence-electron chi connectivity index (χ4n) is 5.57. The molecule has 1 N–H and O–H groups in total. The molecule has 0 atom stereocenters. The molecule has 0 unspecified atom stereocenters. The summed E-state index contributed by atoms with van der Waals surface area (Å²) in [4.78, 5) is 28.1. The quantitative estimate of drug-likeness (QED) is 0.430. The SMILES string of the molecule is CCOc1cc(CN2CCC3(CC2)CC(=O)N(c2ccc(C(=O)O)cc2)C3)cc(-c2ccc(F)cc2F)c1. The number of aromatic carboxylic acids is 1. The fourth-order valence-corrected chi connectivity index (χ4v) is 5.57. The summed E-state index contributed by atoms with van der Waals surface area (Å²) >= 11 is 0. The van der Waals surface area contributed by atoms with E-state index in [1.54, 1.807) is 23.1 Å². The van der Waals surface area contributed by atoms with Crippen LogP contribution in [0.25, 0.3) is 11.1 Å². The van der Waals surface area contributed by atoms with Crippen LogP contribution in [-0.2, 0) is 11.3 Å². The molecule has 1 amide bonds. The van der Waals surface area contributed by atoms with Crippen LogP contribution < -0.4 is 9.64 Å². The van der Waals surface area contributed by atoms with E-state index in [4.69, 9.17) is 9.84 Å². The average Bonchev–Trinajstić information content (AvgIpc) is 3.21. The molecule has 2 aliphatic heterocycles. The number of amides is 1. The predicted molar refractivity (Wildman–Crippen MR) is 140 cm³/mol. The lowest BCUT2D eigenvalue weighted by Gasteiger charge is -2.39. The van der Waals surface area contributed by atoms with E-state index in [-0.39, 0.29) is 16.9 Å². The van der Waals surface area contributed by atoms with Crippen molar-refractivity contribution in [2.75, 3.05) is 31.1 Å². The molecule has 3 aromatic rings. The van der Waals surface area contributed by atoms with Gasteiger partial charge in [0.2, 0.25) is 5.91 Å². The minimum absolute atomic E-state index is 0.0666. The number of carboxylic acids is 1. The Morgan fingerprint density at radius 3 is 2.42 bits per heavy atom. The molecule has 6 nitrogen and oxygen atoms in total. The van der Waals surface area contributed by atoms with E-state index in [0.29, 0.717) is 43.0 Å². The normalized spacial score (nSPS) is 17.2. The Labute approximate surface area is 220 Å². The molecular weight excluding hydrogens is 490 g/mol. The predicted octanol–water partition coefficient (Wildman–Crippen LogP) is 5.75. The Morgan fingerprint density at radius 1 is 1.03 bits per heavy atom. The van der Waals surface area contributed by atoms with Gasteiger partial charge in [-0.05, 0) is 104 Å². The molecule has 2 aliphatic rings. The van der Waals surface area contributed by atoms with Crippen molar-refractivity contribution in [1.29, 1.82) is 0 Å². The molecule has 3 aromatic carbocycles. The minimum atomic E-state index is -0.991. The highest BCUT2D eigenvalue weighted by atomic mass is 19.1.